The van der Waals surface area contributed by atoms with Gasteiger partial charge in [-0.2, -0.15) is 10.2 Å². The standard InChI is InChI=1S/C27H27F2N9O/c1-17-13-36(25-24-8-18(15-38(24)34-16-32-25)19-10-33-35(3)14-19)6-7-37(17)26-30-11-20(12-31-26)27(2,39)22-5-4-21(28)9-23(22)29/h4-5,8-12,14-17,39H,6-7,13H2,1-3H3/t17-,27?/m1/s1. The van der Waals surface area contributed by atoms with Crippen LogP contribution in [0, 0.1) is 11.6 Å². The minimum Gasteiger partial charge on any atom is -0.380 e. The molecule has 1 aliphatic rings. The first-order chi connectivity index (χ1) is 18.7. The summed E-state index contributed by atoms with van der Waals surface area (Å²) in [6, 6.07) is 5.22. The van der Waals surface area contributed by atoms with E-state index in [4.69, 9.17) is 0 Å². The Morgan fingerprint density at radius 2 is 1.77 bits per heavy atom. The number of halogens is 2. The second kappa shape index (κ2) is 9.38. The highest BCUT2D eigenvalue weighted by Crippen LogP contribution is 2.32. The van der Waals surface area contributed by atoms with Gasteiger partial charge in [0.25, 0.3) is 0 Å². The summed E-state index contributed by atoms with van der Waals surface area (Å²) in [7, 11) is 1.89. The Hall–Kier alpha value is -4.45. The topological polar surface area (TPSA) is 101 Å². The average Bonchev–Trinajstić information content (AvgIpc) is 3.54. The van der Waals surface area contributed by atoms with Gasteiger partial charge in [-0.3, -0.25) is 4.68 Å². The van der Waals surface area contributed by atoms with Gasteiger partial charge in [-0.1, -0.05) is 0 Å². The van der Waals surface area contributed by atoms with E-state index in [-0.39, 0.29) is 11.6 Å². The molecule has 1 aromatic carbocycles. The molecule has 5 aromatic rings. The molecule has 2 atom stereocenters. The fraction of sp³-hybridized carbons (Fsp3) is 0.296. The van der Waals surface area contributed by atoms with Crippen molar-refractivity contribution < 1.29 is 13.9 Å². The van der Waals surface area contributed by atoms with E-state index in [9.17, 15) is 13.9 Å². The van der Waals surface area contributed by atoms with Crippen LogP contribution in [0.3, 0.4) is 0 Å². The summed E-state index contributed by atoms with van der Waals surface area (Å²) in [4.78, 5) is 17.9. The van der Waals surface area contributed by atoms with E-state index in [1.807, 2.05) is 30.2 Å². The number of hydrogen-bond donors (Lipinski definition) is 1. The molecule has 12 heteroatoms. The van der Waals surface area contributed by atoms with Crippen molar-refractivity contribution in [1.29, 1.82) is 0 Å². The van der Waals surface area contributed by atoms with Crippen LogP contribution in [0.1, 0.15) is 25.0 Å². The zero-order chi connectivity index (χ0) is 27.3. The van der Waals surface area contributed by atoms with Gasteiger partial charge in [0.15, 0.2) is 5.82 Å². The molecule has 10 nitrogen and oxygen atoms in total. The maximum Gasteiger partial charge on any atom is 0.225 e. The molecule has 1 unspecified atom stereocenters. The van der Waals surface area contributed by atoms with Crippen molar-refractivity contribution in [3.63, 3.8) is 0 Å². The van der Waals surface area contributed by atoms with Crippen LogP contribution in [0.4, 0.5) is 20.5 Å². The van der Waals surface area contributed by atoms with Crippen molar-refractivity contribution in [2.45, 2.75) is 25.5 Å². The number of aliphatic hydroxyl groups is 1. The number of aryl methyl sites for hydroxylation is 1. The summed E-state index contributed by atoms with van der Waals surface area (Å²) in [5, 5.41) is 19.7. The molecule has 39 heavy (non-hydrogen) atoms. The van der Waals surface area contributed by atoms with Crippen LogP contribution in [0.25, 0.3) is 16.6 Å². The molecule has 1 fully saturated rings. The first kappa shape index (κ1) is 24.9. The highest BCUT2D eigenvalue weighted by atomic mass is 19.1. The van der Waals surface area contributed by atoms with E-state index < -0.39 is 17.2 Å². The first-order valence-corrected chi connectivity index (χ1v) is 12.5. The molecule has 1 saturated heterocycles. The minimum absolute atomic E-state index is 0.0459. The van der Waals surface area contributed by atoms with Gasteiger partial charge in [-0.15, -0.1) is 0 Å². The smallest absolute Gasteiger partial charge is 0.225 e. The number of fused-ring (bicyclic) bond motifs is 1. The Kier molecular flexibility index (Phi) is 5.98. The molecule has 0 amide bonds. The van der Waals surface area contributed by atoms with Crippen LogP contribution in [0.15, 0.2) is 61.6 Å². The average molecular weight is 532 g/mol. The lowest BCUT2D eigenvalue weighted by Crippen LogP contribution is -2.53. The summed E-state index contributed by atoms with van der Waals surface area (Å²) in [5.74, 6) is -0.181. The molecule has 1 aliphatic heterocycles. The zero-order valence-corrected chi connectivity index (χ0v) is 21.7. The Balaban J connectivity index is 1.20. The van der Waals surface area contributed by atoms with E-state index in [0.29, 0.717) is 31.1 Å². The first-order valence-electron chi connectivity index (χ1n) is 12.5. The third-order valence-corrected chi connectivity index (χ3v) is 7.26. The molecule has 4 aromatic heterocycles. The van der Waals surface area contributed by atoms with E-state index in [2.05, 4.69) is 47.9 Å². The highest BCUT2D eigenvalue weighted by molar-refractivity contribution is 5.77. The Morgan fingerprint density at radius 3 is 2.46 bits per heavy atom. The van der Waals surface area contributed by atoms with Crippen molar-refractivity contribution >= 4 is 17.3 Å². The number of anilines is 2. The molecular formula is C27H27F2N9O. The zero-order valence-electron chi connectivity index (χ0n) is 21.7. The second-order valence-electron chi connectivity index (χ2n) is 10.0. The summed E-state index contributed by atoms with van der Waals surface area (Å²) in [6.45, 7) is 5.55. The molecule has 0 spiro atoms. The Morgan fingerprint density at radius 1 is 0.974 bits per heavy atom. The fourth-order valence-electron chi connectivity index (χ4n) is 5.10. The maximum atomic E-state index is 14.3. The maximum absolute atomic E-state index is 14.3. The van der Waals surface area contributed by atoms with E-state index >= 15 is 0 Å². The molecule has 0 bridgehead atoms. The molecule has 0 aliphatic carbocycles. The fourth-order valence-corrected chi connectivity index (χ4v) is 5.10. The molecule has 200 valence electrons. The molecule has 6 rings (SSSR count). The van der Waals surface area contributed by atoms with Crippen LogP contribution in [0.5, 0.6) is 0 Å². The quantitative estimate of drug-likeness (QED) is 0.369. The lowest BCUT2D eigenvalue weighted by Gasteiger charge is -2.40. The summed E-state index contributed by atoms with van der Waals surface area (Å²) < 4.78 is 31.3. The van der Waals surface area contributed by atoms with Crippen molar-refractivity contribution in [2.24, 2.45) is 7.05 Å². The highest BCUT2D eigenvalue weighted by Gasteiger charge is 2.32. The Bertz CT molecular complexity index is 1650. The molecule has 0 saturated carbocycles. The van der Waals surface area contributed by atoms with Crippen molar-refractivity contribution in [2.75, 3.05) is 29.4 Å². The van der Waals surface area contributed by atoms with Gasteiger partial charge >= 0.3 is 0 Å². The second-order valence-corrected chi connectivity index (χ2v) is 10.0. The van der Waals surface area contributed by atoms with Crippen molar-refractivity contribution in [3.05, 3.63) is 84.3 Å². The minimum atomic E-state index is -1.72. The van der Waals surface area contributed by atoms with Gasteiger partial charge in [-0.05, 0) is 32.0 Å². The predicted octanol–water partition coefficient (Wildman–Crippen LogP) is 3.17. The van der Waals surface area contributed by atoms with Crippen LogP contribution in [-0.2, 0) is 12.6 Å². The largest absolute Gasteiger partial charge is 0.380 e. The predicted molar refractivity (Wildman–Crippen MR) is 141 cm³/mol. The molecule has 5 heterocycles. The third kappa shape index (κ3) is 4.46. The molecule has 1 N–H and O–H groups in total. The van der Waals surface area contributed by atoms with Gasteiger partial charge in [0.05, 0.1) is 6.20 Å². The van der Waals surface area contributed by atoms with E-state index in [1.165, 1.54) is 25.4 Å². The van der Waals surface area contributed by atoms with E-state index in [0.717, 1.165) is 34.6 Å². The monoisotopic (exact) mass is 531 g/mol. The summed E-state index contributed by atoms with van der Waals surface area (Å²) >= 11 is 0. The number of benzene rings is 1. The van der Waals surface area contributed by atoms with Crippen LogP contribution in [0.2, 0.25) is 0 Å². The number of piperazine rings is 1. The van der Waals surface area contributed by atoms with E-state index in [1.54, 1.807) is 11.0 Å². The lowest BCUT2D eigenvalue weighted by molar-refractivity contribution is 0.0970. The number of rotatable bonds is 5. The Labute approximate surface area is 223 Å². The number of nitrogens with zero attached hydrogens (tertiary/aromatic N) is 9. The van der Waals surface area contributed by atoms with Gasteiger partial charge in [-0.25, -0.2) is 28.2 Å². The van der Waals surface area contributed by atoms with Crippen LogP contribution >= 0.6 is 0 Å². The lowest BCUT2D eigenvalue weighted by atomic mass is 9.89. The SMILES string of the molecule is C[C@@H]1CN(c2ncnn3cc(-c4cnn(C)c4)cc23)CCN1c1ncc(C(C)(O)c2ccc(F)cc2F)cn1. The van der Waals surface area contributed by atoms with Crippen LogP contribution < -0.4 is 9.80 Å². The number of hydrogen-bond acceptors (Lipinski definition) is 8. The normalized spacial score (nSPS) is 17.5. The van der Waals surface area contributed by atoms with Gasteiger partial charge in [0.2, 0.25) is 5.95 Å². The molecular weight excluding hydrogens is 504 g/mol. The van der Waals surface area contributed by atoms with Gasteiger partial charge in [0, 0.05) is 85.8 Å². The summed E-state index contributed by atoms with van der Waals surface area (Å²) in [5.41, 5.74) is 1.48. The van der Waals surface area contributed by atoms with Gasteiger partial charge < -0.3 is 14.9 Å². The van der Waals surface area contributed by atoms with Crippen LogP contribution in [-0.4, -0.2) is 65.1 Å². The number of aromatic nitrogens is 7. The van der Waals surface area contributed by atoms with Crippen molar-refractivity contribution in [3.8, 4) is 11.1 Å². The molecule has 0 radical (unpaired) electrons. The van der Waals surface area contributed by atoms with Crippen molar-refractivity contribution in [1.82, 2.24) is 34.3 Å². The third-order valence-electron chi connectivity index (χ3n) is 7.26. The van der Waals surface area contributed by atoms with Gasteiger partial charge in [0.1, 0.15) is 29.1 Å². The summed E-state index contributed by atoms with van der Waals surface area (Å²) in [6.07, 6.45) is 10.3.